The van der Waals surface area contributed by atoms with E-state index in [1.54, 1.807) is 0 Å². The molecule has 0 aromatic heterocycles. The summed E-state index contributed by atoms with van der Waals surface area (Å²) in [6, 6.07) is 19.7. The minimum absolute atomic E-state index is 0.107. The van der Waals surface area contributed by atoms with Gasteiger partial charge in [0.15, 0.2) is 5.78 Å². The molecule has 32 heavy (non-hydrogen) atoms. The Morgan fingerprint density at radius 1 is 0.875 bits per heavy atom. The molecular formula is C24H25N3O4S. The number of rotatable bonds is 6. The zero-order chi connectivity index (χ0) is 22.7. The number of carbonyl (C=O) groups is 2. The molecule has 3 aromatic carbocycles. The summed E-state index contributed by atoms with van der Waals surface area (Å²) in [5.41, 5.74) is 1.22. The van der Waals surface area contributed by atoms with Crippen molar-refractivity contribution in [1.29, 1.82) is 0 Å². The van der Waals surface area contributed by atoms with Gasteiger partial charge in [0.2, 0.25) is 15.9 Å². The molecule has 0 atom stereocenters. The standard InChI is InChI=1S/C24H25N3O4S/c1-18(28)19-7-10-23(11-8-19)32(30,31)27-14-12-26(13-15-27)17-24(29)25-22-9-6-20-4-2-3-5-21(20)16-22/h2-11,16H,12-15,17H2,1H3,(H,25,29). The summed E-state index contributed by atoms with van der Waals surface area (Å²) < 4.78 is 27.2. The number of Topliss-reactive ketones (excluding diaryl/α,β-unsaturated/α-hetero) is 1. The molecule has 1 heterocycles. The van der Waals surface area contributed by atoms with Crippen LogP contribution in [0.15, 0.2) is 71.6 Å². The molecule has 4 rings (SSSR count). The molecule has 7 nitrogen and oxygen atoms in total. The number of amides is 1. The first-order valence-corrected chi connectivity index (χ1v) is 11.9. The van der Waals surface area contributed by atoms with E-state index in [1.807, 2.05) is 47.4 Å². The Kier molecular flexibility index (Phi) is 6.36. The normalized spacial score (nSPS) is 15.5. The highest BCUT2D eigenvalue weighted by atomic mass is 32.2. The molecule has 1 amide bonds. The third-order valence-corrected chi connectivity index (χ3v) is 7.54. The molecule has 0 spiro atoms. The van der Waals surface area contributed by atoms with Crippen LogP contribution in [0.25, 0.3) is 10.8 Å². The van der Waals surface area contributed by atoms with Crippen molar-refractivity contribution in [3.63, 3.8) is 0 Å². The van der Waals surface area contributed by atoms with Crippen molar-refractivity contribution in [1.82, 2.24) is 9.21 Å². The van der Waals surface area contributed by atoms with Crippen molar-refractivity contribution in [3.05, 3.63) is 72.3 Å². The lowest BCUT2D eigenvalue weighted by Crippen LogP contribution is -2.50. The molecule has 0 bridgehead atoms. The molecule has 0 unspecified atom stereocenters. The largest absolute Gasteiger partial charge is 0.325 e. The summed E-state index contributed by atoms with van der Waals surface area (Å²) in [4.78, 5) is 26.0. The molecule has 1 aliphatic heterocycles. The molecule has 1 saturated heterocycles. The first-order chi connectivity index (χ1) is 15.3. The van der Waals surface area contributed by atoms with E-state index in [4.69, 9.17) is 0 Å². The summed E-state index contributed by atoms with van der Waals surface area (Å²) in [5.74, 6) is -0.235. The number of nitrogens with one attached hydrogen (secondary N) is 1. The van der Waals surface area contributed by atoms with E-state index in [0.29, 0.717) is 31.7 Å². The number of fused-ring (bicyclic) bond motifs is 1. The minimum Gasteiger partial charge on any atom is -0.325 e. The average Bonchev–Trinajstić information content (AvgIpc) is 2.79. The van der Waals surface area contributed by atoms with E-state index in [1.165, 1.54) is 35.5 Å². The summed E-state index contributed by atoms with van der Waals surface area (Å²) in [5, 5.41) is 5.09. The SMILES string of the molecule is CC(=O)c1ccc(S(=O)(=O)N2CCN(CC(=O)Nc3ccc4ccccc4c3)CC2)cc1. The Balaban J connectivity index is 1.32. The Morgan fingerprint density at radius 3 is 2.19 bits per heavy atom. The average molecular weight is 452 g/mol. The number of carbonyl (C=O) groups excluding carboxylic acids is 2. The van der Waals surface area contributed by atoms with Crippen molar-refractivity contribution < 1.29 is 18.0 Å². The van der Waals surface area contributed by atoms with E-state index >= 15 is 0 Å². The Bertz CT molecular complexity index is 1250. The monoisotopic (exact) mass is 451 g/mol. The maximum absolute atomic E-state index is 12.9. The second-order valence-electron chi connectivity index (χ2n) is 7.87. The van der Waals surface area contributed by atoms with Crippen LogP contribution in [0.5, 0.6) is 0 Å². The smallest absolute Gasteiger partial charge is 0.243 e. The van der Waals surface area contributed by atoms with E-state index < -0.39 is 10.0 Å². The van der Waals surface area contributed by atoms with E-state index in [-0.39, 0.29) is 23.1 Å². The van der Waals surface area contributed by atoms with E-state index in [9.17, 15) is 18.0 Å². The van der Waals surface area contributed by atoms with Gasteiger partial charge in [-0.2, -0.15) is 4.31 Å². The van der Waals surface area contributed by atoms with Crippen LogP contribution >= 0.6 is 0 Å². The maximum atomic E-state index is 12.9. The van der Waals surface area contributed by atoms with Crippen molar-refractivity contribution in [2.75, 3.05) is 38.0 Å². The van der Waals surface area contributed by atoms with Gasteiger partial charge in [-0.3, -0.25) is 14.5 Å². The molecule has 8 heteroatoms. The molecule has 1 aliphatic rings. The molecule has 0 aliphatic carbocycles. The van der Waals surface area contributed by atoms with Gasteiger partial charge in [-0.25, -0.2) is 8.42 Å². The van der Waals surface area contributed by atoms with Gasteiger partial charge in [-0.05, 0) is 42.0 Å². The van der Waals surface area contributed by atoms with Crippen LogP contribution in [0.3, 0.4) is 0 Å². The van der Waals surface area contributed by atoms with Gasteiger partial charge < -0.3 is 5.32 Å². The fourth-order valence-electron chi connectivity index (χ4n) is 3.81. The number of sulfonamides is 1. The highest BCUT2D eigenvalue weighted by Gasteiger charge is 2.29. The van der Waals surface area contributed by atoms with Crippen LogP contribution in [0, 0.1) is 0 Å². The fraction of sp³-hybridized carbons (Fsp3) is 0.250. The van der Waals surface area contributed by atoms with Gasteiger partial charge in [-0.1, -0.05) is 42.5 Å². The Morgan fingerprint density at radius 2 is 1.53 bits per heavy atom. The van der Waals surface area contributed by atoms with Crippen molar-refractivity contribution in [2.45, 2.75) is 11.8 Å². The van der Waals surface area contributed by atoms with Crippen LogP contribution in [0.1, 0.15) is 17.3 Å². The number of benzene rings is 3. The summed E-state index contributed by atoms with van der Waals surface area (Å²) >= 11 is 0. The van der Waals surface area contributed by atoms with Crippen LogP contribution in [-0.4, -0.2) is 62.0 Å². The van der Waals surface area contributed by atoms with Crippen molar-refractivity contribution >= 4 is 38.2 Å². The van der Waals surface area contributed by atoms with E-state index in [0.717, 1.165) is 16.5 Å². The maximum Gasteiger partial charge on any atom is 0.243 e. The highest BCUT2D eigenvalue weighted by molar-refractivity contribution is 7.89. The van der Waals surface area contributed by atoms with Crippen LogP contribution in [-0.2, 0) is 14.8 Å². The number of nitrogens with zero attached hydrogens (tertiary/aromatic N) is 2. The van der Waals surface area contributed by atoms with Gasteiger partial charge in [0.1, 0.15) is 0 Å². The lowest BCUT2D eigenvalue weighted by atomic mass is 10.1. The Labute approximate surface area is 187 Å². The van der Waals surface area contributed by atoms with Crippen LogP contribution < -0.4 is 5.32 Å². The lowest BCUT2D eigenvalue weighted by Gasteiger charge is -2.33. The van der Waals surface area contributed by atoms with Gasteiger partial charge in [-0.15, -0.1) is 0 Å². The lowest BCUT2D eigenvalue weighted by molar-refractivity contribution is -0.117. The number of anilines is 1. The number of ketones is 1. The van der Waals surface area contributed by atoms with Gasteiger partial charge >= 0.3 is 0 Å². The quantitative estimate of drug-likeness (QED) is 0.583. The summed E-state index contributed by atoms with van der Waals surface area (Å²) in [7, 11) is -3.63. The van der Waals surface area contributed by atoms with Crippen molar-refractivity contribution in [3.8, 4) is 0 Å². The third kappa shape index (κ3) is 4.88. The first kappa shape index (κ1) is 22.1. The Hall–Kier alpha value is -3.07. The number of hydrogen-bond donors (Lipinski definition) is 1. The molecular weight excluding hydrogens is 426 g/mol. The van der Waals surface area contributed by atoms with Gasteiger partial charge in [0.25, 0.3) is 0 Å². The molecule has 1 fully saturated rings. The molecule has 0 radical (unpaired) electrons. The molecule has 166 valence electrons. The number of hydrogen-bond acceptors (Lipinski definition) is 5. The van der Waals surface area contributed by atoms with Gasteiger partial charge in [0.05, 0.1) is 11.4 Å². The zero-order valence-electron chi connectivity index (χ0n) is 17.8. The molecule has 1 N–H and O–H groups in total. The first-order valence-electron chi connectivity index (χ1n) is 10.4. The minimum atomic E-state index is -3.63. The second-order valence-corrected chi connectivity index (χ2v) is 9.81. The zero-order valence-corrected chi connectivity index (χ0v) is 18.6. The molecule has 0 saturated carbocycles. The second kappa shape index (κ2) is 9.20. The van der Waals surface area contributed by atoms with Crippen molar-refractivity contribution in [2.24, 2.45) is 0 Å². The topological polar surface area (TPSA) is 86.8 Å². The number of piperazine rings is 1. The molecule has 3 aromatic rings. The summed E-state index contributed by atoms with van der Waals surface area (Å²) in [6.07, 6.45) is 0. The van der Waals surface area contributed by atoms with Gasteiger partial charge in [0, 0.05) is 37.4 Å². The predicted octanol–water partition coefficient (Wildman–Crippen LogP) is 2.99. The highest BCUT2D eigenvalue weighted by Crippen LogP contribution is 2.20. The third-order valence-electron chi connectivity index (χ3n) is 5.63. The fourth-order valence-corrected chi connectivity index (χ4v) is 5.23. The predicted molar refractivity (Wildman–Crippen MR) is 124 cm³/mol. The van der Waals surface area contributed by atoms with Crippen LogP contribution in [0.2, 0.25) is 0 Å². The van der Waals surface area contributed by atoms with Crippen LogP contribution in [0.4, 0.5) is 5.69 Å². The van der Waals surface area contributed by atoms with E-state index in [2.05, 4.69) is 5.32 Å². The summed E-state index contributed by atoms with van der Waals surface area (Å²) in [6.45, 7) is 3.19.